The van der Waals surface area contributed by atoms with Crippen LogP contribution in [0.15, 0.2) is 29.1 Å². The Balaban J connectivity index is 2.66. The molecular formula is C9H8FN3O. The van der Waals surface area contributed by atoms with Crippen LogP contribution < -0.4 is 5.69 Å². The molecule has 5 heteroatoms. The van der Waals surface area contributed by atoms with Crippen molar-refractivity contribution in [3.63, 3.8) is 0 Å². The third-order valence-electron chi connectivity index (χ3n) is 1.89. The number of benzene rings is 1. The maximum absolute atomic E-state index is 13.3. The molecule has 0 aliphatic heterocycles. The van der Waals surface area contributed by atoms with Crippen LogP contribution in [0.3, 0.4) is 0 Å². The number of aromatic nitrogens is 3. The summed E-state index contributed by atoms with van der Waals surface area (Å²) in [6.07, 6.45) is 0. The molecule has 0 unspecified atom stereocenters. The highest BCUT2D eigenvalue weighted by atomic mass is 19.1. The highest BCUT2D eigenvalue weighted by Gasteiger charge is 2.07. The first-order valence-corrected chi connectivity index (χ1v) is 4.09. The number of hydrogen-bond acceptors (Lipinski definition) is 2. The van der Waals surface area contributed by atoms with Crippen molar-refractivity contribution in [1.29, 1.82) is 0 Å². The zero-order valence-electron chi connectivity index (χ0n) is 7.49. The van der Waals surface area contributed by atoms with Gasteiger partial charge in [-0.2, -0.15) is 4.98 Å². The molecule has 1 aromatic carbocycles. The van der Waals surface area contributed by atoms with E-state index in [9.17, 15) is 9.18 Å². The first-order valence-electron chi connectivity index (χ1n) is 4.09. The Morgan fingerprint density at radius 1 is 1.43 bits per heavy atom. The molecule has 4 nitrogen and oxygen atoms in total. The van der Waals surface area contributed by atoms with E-state index in [2.05, 4.69) is 10.1 Å². The summed E-state index contributed by atoms with van der Waals surface area (Å²) in [5.41, 5.74) is -0.189. The van der Waals surface area contributed by atoms with Gasteiger partial charge < -0.3 is 0 Å². The second-order valence-electron chi connectivity index (χ2n) is 2.86. The van der Waals surface area contributed by atoms with Gasteiger partial charge in [0.1, 0.15) is 17.3 Å². The normalized spacial score (nSPS) is 10.4. The van der Waals surface area contributed by atoms with E-state index in [0.29, 0.717) is 11.5 Å². The van der Waals surface area contributed by atoms with Crippen LogP contribution in [0.25, 0.3) is 5.69 Å². The molecule has 0 amide bonds. The number of H-pyrrole nitrogens is 1. The predicted molar refractivity (Wildman–Crippen MR) is 48.9 cm³/mol. The lowest BCUT2D eigenvalue weighted by Gasteiger charge is -2.03. The SMILES string of the molecule is Cc1nc(=O)[nH]n1-c1ccccc1F. The molecule has 2 aromatic rings. The molecule has 0 bridgehead atoms. The van der Waals surface area contributed by atoms with Crippen molar-refractivity contribution in [2.45, 2.75) is 6.92 Å². The van der Waals surface area contributed by atoms with Crippen LogP contribution in [0.1, 0.15) is 5.82 Å². The Bertz CT molecular complexity index is 515. The second-order valence-corrected chi connectivity index (χ2v) is 2.86. The van der Waals surface area contributed by atoms with E-state index in [4.69, 9.17) is 0 Å². The van der Waals surface area contributed by atoms with Crippen LogP contribution in [0.5, 0.6) is 0 Å². The lowest BCUT2D eigenvalue weighted by Crippen LogP contribution is -2.06. The van der Waals surface area contributed by atoms with Crippen LogP contribution in [0.2, 0.25) is 0 Å². The van der Waals surface area contributed by atoms with Gasteiger partial charge in [-0.25, -0.2) is 19.0 Å². The Labute approximate surface area is 79.0 Å². The number of aryl methyl sites for hydroxylation is 1. The van der Waals surface area contributed by atoms with E-state index in [1.807, 2.05) is 0 Å². The van der Waals surface area contributed by atoms with Crippen LogP contribution in [-0.2, 0) is 0 Å². The maximum atomic E-state index is 13.3. The smallest absolute Gasteiger partial charge is 0.244 e. The van der Waals surface area contributed by atoms with E-state index in [1.54, 1.807) is 25.1 Å². The van der Waals surface area contributed by atoms with E-state index >= 15 is 0 Å². The third kappa shape index (κ3) is 1.32. The molecule has 14 heavy (non-hydrogen) atoms. The van der Waals surface area contributed by atoms with E-state index in [-0.39, 0.29) is 0 Å². The van der Waals surface area contributed by atoms with Gasteiger partial charge in [-0.1, -0.05) is 12.1 Å². The minimum atomic E-state index is -0.481. The van der Waals surface area contributed by atoms with Crippen molar-refractivity contribution in [2.75, 3.05) is 0 Å². The quantitative estimate of drug-likeness (QED) is 0.734. The van der Waals surface area contributed by atoms with Gasteiger partial charge in [-0.05, 0) is 19.1 Å². The number of nitrogens with zero attached hydrogens (tertiary/aromatic N) is 2. The summed E-state index contributed by atoms with van der Waals surface area (Å²) >= 11 is 0. The fourth-order valence-corrected chi connectivity index (χ4v) is 1.27. The van der Waals surface area contributed by atoms with Gasteiger partial charge in [0, 0.05) is 0 Å². The Hall–Kier alpha value is -1.91. The summed E-state index contributed by atoms with van der Waals surface area (Å²) in [7, 11) is 0. The van der Waals surface area contributed by atoms with Crippen molar-refractivity contribution < 1.29 is 4.39 Å². The number of aromatic amines is 1. The second kappa shape index (κ2) is 3.10. The first kappa shape index (κ1) is 8.68. The van der Waals surface area contributed by atoms with E-state index < -0.39 is 11.5 Å². The molecule has 1 N–H and O–H groups in total. The molecule has 0 aliphatic rings. The lowest BCUT2D eigenvalue weighted by atomic mass is 10.3. The maximum Gasteiger partial charge on any atom is 0.361 e. The summed E-state index contributed by atoms with van der Waals surface area (Å²) < 4.78 is 14.6. The lowest BCUT2D eigenvalue weighted by molar-refractivity contribution is 0.607. The van der Waals surface area contributed by atoms with Crippen molar-refractivity contribution in [2.24, 2.45) is 0 Å². The number of halogens is 1. The van der Waals surface area contributed by atoms with Gasteiger partial charge in [0.25, 0.3) is 0 Å². The van der Waals surface area contributed by atoms with Crippen LogP contribution in [-0.4, -0.2) is 14.8 Å². The first-order chi connectivity index (χ1) is 6.68. The Morgan fingerprint density at radius 3 is 2.71 bits per heavy atom. The van der Waals surface area contributed by atoms with Crippen LogP contribution in [0, 0.1) is 12.7 Å². The third-order valence-corrected chi connectivity index (χ3v) is 1.89. The number of rotatable bonds is 1. The summed E-state index contributed by atoms with van der Waals surface area (Å²) in [4.78, 5) is 14.5. The van der Waals surface area contributed by atoms with Crippen molar-refractivity contribution in [3.05, 3.63) is 46.4 Å². The molecule has 72 valence electrons. The number of nitrogens with one attached hydrogen (secondary N) is 1. The molecule has 0 aliphatic carbocycles. The van der Waals surface area contributed by atoms with Gasteiger partial charge >= 0.3 is 5.69 Å². The summed E-state index contributed by atoms with van der Waals surface area (Å²) in [5, 5.41) is 2.41. The zero-order chi connectivity index (χ0) is 10.1. The average molecular weight is 193 g/mol. The largest absolute Gasteiger partial charge is 0.361 e. The minimum Gasteiger partial charge on any atom is -0.244 e. The molecule has 0 radical (unpaired) electrons. The summed E-state index contributed by atoms with van der Waals surface area (Å²) in [6, 6.07) is 6.17. The molecular weight excluding hydrogens is 185 g/mol. The monoisotopic (exact) mass is 193 g/mol. The van der Waals surface area contributed by atoms with Crippen molar-refractivity contribution in [1.82, 2.24) is 14.8 Å². The van der Waals surface area contributed by atoms with E-state index in [1.165, 1.54) is 10.7 Å². The van der Waals surface area contributed by atoms with Gasteiger partial charge in [0.15, 0.2) is 0 Å². The Kier molecular flexibility index (Phi) is 1.92. The molecule has 0 atom stereocenters. The molecule has 0 saturated heterocycles. The van der Waals surface area contributed by atoms with Crippen LogP contribution in [0.4, 0.5) is 4.39 Å². The van der Waals surface area contributed by atoms with Gasteiger partial charge in [-0.15, -0.1) is 0 Å². The van der Waals surface area contributed by atoms with Gasteiger partial charge in [0.2, 0.25) is 0 Å². The van der Waals surface area contributed by atoms with Gasteiger partial charge in [-0.3, -0.25) is 0 Å². The highest BCUT2D eigenvalue weighted by Crippen LogP contribution is 2.11. The topological polar surface area (TPSA) is 50.7 Å². The molecule has 0 spiro atoms. The average Bonchev–Trinajstić information content (AvgIpc) is 2.46. The standard InChI is InChI=1S/C9H8FN3O/c1-6-11-9(14)12-13(6)8-5-3-2-4-7(8)10/h2-5H,1H3,(H,12,14). The number of hydrogen-bond donors (Lipinski definition) is 1. The van der Waals surface area contributed by atoms with Crippen molar-refractivity contribution >= 4 is 0 Å². The fourth-order valence-electron chi connectivity index (χ4n) is 1.27. The Morgan fingerprint density at radius 2 is 2.14 bits per heavy atom. The predicted octanol–water partition coefficient (Wildman–Crippen LogP) is 1.01. The molecule has 0 saturated carbocycles. The van der Waals surface area contributed by atoms with Gasteiger partial charge in [0.05, 0.1) is 0 Å². The summed E-state index contributed by atoms with van der Waals surface area (Å²) in [6.45, 7) is 1.63. The van der Waals surface area contributed by atoms with E-state index in [0.717, 1.165) is 0 Å². The molecule has 0 fully saturated rings. The number of para-hydroxylation sites is 1. The zero-order valence-corrected chi connectivity index (χ0v) is 7.49. The highest BCUT2D eigenvalue weighted by molar-refractivity contribution is 5.32. The molecule has 1 aromatic heterocycles. The summed E-state index contributed by atoms with van der Waals surface area (Å²) in [5.74, 6) is 0.0318. The minimum absolute atomic E-state index is 0.291. The van der Waals surface area contributed by atoms with Crippen molar-refractivity contribution in [3.8, 4) is 5.69 Å². The van der Waals surface area contributed by atoms with Crippen LogP contribution >= 0.6 is 0 Å². The fraction of sp³-hybridized carbons (Fsp3) is 0.111. The molecule has 1 heterocycles. The molecule has 2 rings (SSSR count).